The molecule has 0 aliphatic rings. The van der Waals surface area contributed by atoms with Crippen LogP contribution in [0.25, 0.3) is 0 Å². The number of non-ortho nitro benzene ring substituents is 1. The highest BCUT2D eigenvalue weighted by molar-refractivity contribution is 7.92. The molecule has 0 spiro atoms. The summed E-state index contributed by atoms with van der Waals surface area (Å²) >= 11 is 6.03. The molecule has 0 fully saturated rings. The van der Waals surface area contributed by atoms with Gasteiger partial charge in [-0.2, -0.15) is 0 Å². The molecule has 3 N–H and O–H groups in total. The molecule has 2 rings (SSSR count). The summed E-state index contributed by atoms with van der Waals surface area (Å²) in [6.07, 6.45) is 0. The quantitative estimate of drug-likeness (QED) is 0.509. The Kier molecular flexibility index (Phi) is 6.21. The van der Waals surface area contributed by atoms with Crippen molar-refractivity contribution in [2.24, 2.45) is 5.73 Å². The molecule has 0 unspecified atom stereocenters. The molecule has 2 amide bonds. The minimum atomic E-state index is -4.35. The zero-order valence-corrected chi connectivity index (χ0v) is 16.0. The van der Waals surface area contributed by atoms with Gasteiger partial charge in [-0.25, -0.2) is 8.42 Å². The second kappa shape index (κ2) is 8.23. The van der Waals surface area contributed by atoms with Gasteiger partial charge in [0.05, 0.1) is 20.5 Å². The average molecular weight is 427 g/mol. The Bertz CT molecular complexity index is 1040. The summed E-state index contributed by atoms with van der Waals surface area (Å²) in [5, 5.41) is 13.4. The molecule has 0 saturated heterocycles. The topological polar surface area (TPSA) is 153 Å². The van der Waals surface area contributed by atoms with Crippen molar-refractivity contribution in [1.29, 1.82) is 0 Å². The van der Waals surface area contributed by atoms with E-state index >= 15 is 0 Å². The summed E-state index contributed by atoms with van der Waals surface area (Å²) in [5.74, 6) is -1.32. The zero-order valence-electron chi connectivity index (χ0n) is 14.5. The van der Waals surface area contributed by atoms with Gasteiger partial charge >= 0.3 is 0 Å². The molecule has 0 bridgehead atoms. The van der Waals surface area contributed by atoms with Crippen LogP contribution < -0.4 is 15.4 Å². The Hall–Kier alpha value is -3.18. The van der Waals surface area contributed by atoms with E-state index in [-0.39, 0.29) is 21.5 Å². The van der Waals surface area contributed by atoms with Gasteiger partial charge in [0.25, 0.3) is 15.7 Å². The summed E-state index contributed by atoms with van der Waals surface area (Å²) in [6, 6.07) is 8.31. The molecule has 0 aromatic heterocycles. The molecule has 0 radical (unpaired) electrons. The number of carbonyl (C=O) groups excluding carboxylic acids is 2. The molecule has 0 aliphatic heterocycles. The predicted molar refractivity (Wildman–Crippen MR) is 103 cm³/mol. The number of sulfonamides is 1. The lowest BCUT2D eigenvalue weighted by Crippen LogP contribution is -2.38. The van der Waals surface area contributed by atoms with Gasteiger partial charge in [0.1, 0.15) is 6.54 Å². The van der Waals surface area contributed by atoms with Crippen LogP contribution in [0.4, 0.5) is 17.1 Å². The van der Waals surface area contributed by atoms with Crippen LogP contribution >= 0.6 is 11.6 Å². The second-order valence-corrected chi connectivity index (χ2v) is 7.85. The highest BCUT2D eigenvalue weighted by Gasteiger charge is 2.29. The number of nitrogens with two attached hydrogens (primary N) is 1. The number of hydrogen-bond acceptors (Lipinski definition) is 6. The van der Waals surface area contributed by atoms with Crippen molar-refractivity contribution < 1.29 is 22.9 Å². The van der Waals surface area contributed by atoms with Crippen LogP contribution in [0.1, 0.15) is 6.92 Å². The van der Waals surface area contributed by atoms with Crippen LogP contribution in [0.5, 0.6) is 0 Å². The normalized spacial score (nSPS) is 10.9. The van der Waals surface area contributed by atoms with E-state index in [2.05, 4.69) is 5.32 Å². The van der Waals surface area contributed by atoms with Gasteiger partial charge in [-0.15, -0.1) is 0 Å². The van der Waals surface area contributed by atoms with Crippen LogP contribution in [0.3, 0.4) is 0 Å². The average Bonchev–Trinajstić information content (AvgIpc) is 2.60. The van der Waals surface area contributed by atoms with Crippen molar-refractivity contribution in [3.05, 3.63) is 57.6 Å². The third-order valence-electron chi connectivity index (χ3n) is 3.47. The Morgan fingerprint density at radius 2 is 1.82 bits per heavy atom. The third kappa shape index (κ3) is 4.75. The van der Waals surface area contributed by atoms with Gasteiger partial charge in [0.15, 0.2) is 0 Å². The van der Waals surface area contributed by atoms with Crippen LogP contribution in [-0.2, 0) is 19.6 Å². The Labute approximate surface area is 165 Å². The molecule has 10 nitrogen and oxygen atoms in total. The summed E-state index contributed by atoms with van der Waals surface area (Å²) < 4.78 is 26.7. The fourth-order valence-corrected chi connectivity index (χ4v) is 4.00. The van der Waals surface area contributed by atoms with E-state index in [4.69, 9.17) is 17.3 Å². The Morgan fingerprint density at radius 1 is 1.21 bits per heavy atom. The minimum absolute atomic E-state index is 0.120. The Balaban J connectivity index is 2.56. The summed E-state index contributed by atoms with van der Waals surface area (Å²) in [6.45, 7) is 0.514. The molecule has 12 heteroatoms. The number of hydrogen-bond donors (Lipinski definition) is 2. The number of nitro groups is 1. The molecule has 0 heterocycles. The lowest BCUT2D eigenvalue weighted by Gasteiger charge is -2.24. The van der Waals surface area contributed by atoms with E-state index in [1.807, 2.05) is 0 Å². The molecular weight excluding hydrogens is 412 g/mol. The number of primary amides is 1. The maximum absolute atomic E-state index is 13.0. The molecule has 2 aromatic carbocycles. The number of nitro benzene ring substituents is 1. The largest absolute Gasteiger partial charge is 0.368 e. The van der Waals surface area contributed by atoms with Crippen molar-refractivity contribution in [1.82, 2.24) is 0 Å². The number of amides is 2. The minimum Gasteiger partial charge on any atom is -0.368 e. The van der Waals surface area contributed by atoms with E-state index in [0.29, 0.717) is 9.99 Å². The molecule has 2 aromatic rings. The van der Waals surface area contributed by atoms with Crippen molar-refractivity contribution in [2.45, 2.75) is 11.8 Å². The SMILES string of the molecule is CC(=O)Nc1ccc(S(=O)(=O)N(CC(N)=O)c2cc([N+](=O)[O-])ccc2Cl)cc1. The van der Waals surface area contributed by atoms with Crippen LogP contribution in [0.2, 0.25) is 5.02 Å². The number of anilines is 2. The van der Waals surface area contributed by atoms with E-state index in [0.717, 1.165) is 18.2 Å². The lowest BCUT2D eigenvalue weighted by atomic mass is 10.3. The monoisotopic (exact) mass is 426 g/mol. The first-order valence-electron chi connectivity index (χ1n) is 7.65. The summed E-state index contributed by atoms with van der Waals surface area (Å²) in [4.78, 5) is 32.6. The van der Waals surface area contributed by atoms with Gasteiger partial charge < -0.3 is 11.1 Å². The van der Waals surface area contributed by atoms with Crippen molar-refractivity contribution in [3.63, 3.8) is 0 Å². The molecule has 28 heavy (non-hydrogen) atoms. The maximum atomic E-state index is 13.0. The van der Waals surface area contributed by atoms with E-state index < -0.39 is 33.1 Å². The Morgan fingerprint density at radius 3 is 2.32 bits per heavy atom. The van der Waals surface area contributed by atoms with E-state index in [1.165, 1.54) is 31.2 Å². The summed E-state index contributed by atoms with van der Waals surface area (Å²) in [5.41, 5.74) is 4.85. The lowest BCUT2D eigenvalue weighted by molar-refractivity contribution is -0.384. The highest BCUT2D eigenvalue weighted by Crippen LogP contribution is 2.33. The molecule has 148 valence electrons. The van der Waals surface area contributed by atoms with Crippen molar-refractivity contribution >= 4 is 50.5 Å². The standard InChI is InChI=1S/C16H15ClN4O6S/c1-10(22)19-11-2-5-13(6-3-11)28(26,27)20(9-16(18)23)15-8-12(21(24)25)4-7-14(15)17/h2-8H,9H2,1H3,(H2,18,23)(H,19,22). The number of rotatable bonds is 7. The van der Waals surface area contributed by atoms with Crippen molar-refractivity contribution in [3.8, 4) is 0 Å². The van der Waals surface area contributed by atoms with Gasteiger partial charge in [0.2, 0.25) is 11.8 Å². The van der Waals surface area contributed by atoms with Gasteiger partial charge in [0, 0.05) is 24.7 Å². The molecule has 0 atom stereocenters. The first-order chi connectivity index (χ1) is 13.0. The number of carbonyl (C=O) groups is 2. The predicted octanol–water partition coefficient (Wildman–Crippen LogP) is 1.89. The van der Waals surface area contributed by atoms with Crippen molar-refractivity contribution in [2.75, 3.05) is 16.2 Å². The maximum Gasteiger partial charge on any atom is 0.271 e. The second-order valence-electron chi connectivity index (χ2n) is 5.58. The van der Waals surface area contributed by atoms with Gasteiger partial charge in [-0.3, -0.25) is 24.0 Å². The highest BCUT2D eigenvalue weighted by atomic mass is 35.5. The van der Waals surface area contributed by atoms with Gasteiger partial charge in [-0.05, 0) is 30.3 Å². The number of nitrogens with one attached hydrogen (secondary N) is 1. The van der Waals surface area contributed by atoms with E-state index in [1.54, 1.807) is 0 Å². The van der Waals surface area contributed by atoms with E-state index in [9.17, 15) is 28.1 Å². The number of benzene rings is 2. The van der Waals surface area contributed by atoms with Gasteiger partial charge in [-0.1, -0.05) is 11.6 Å². The fourth-order valence-electron chi connectivity index (χ4n) is 2.29. The molecule has 0 aliphatic carbocycles. The fraction of sp³-hybridized carbons (Fsp3) is 0.125. The first kappa shape index (κ1) is 21.1. The van der Waals surface area contributed by atoms with Crippen LogP contribution in [0.15, 0.2) is 47.4 Å². The number of halogens is 1. The third-order valence-corrected chi connectivity index (χ3v) is 5.56. The molecular formula is C16H15ClN4O6S. The molecule has 0 saturated carbocycles. The summed E-state index contributed by atoms with van der Waals surface area (Å²) in [7, 11) is -4.35. The zero-order chi connectivity index (χ0) is 21.1. The smallest absolute Gasteiger partial charge is 0.271 e. The number of nitrogens with zero attached hydrogens (tertiary/aromatic N) is 2. The first-order valence-corrected chi connectivity index (χ1v) is 9.47. The van der Waals surface area contributed by atoms with Crippen LogP contribution in [0, 0.1) is 10.1 Å². The van der Waals surface area contributed by atoms with Crippen LogP contribution in [-0.4, -0.2) is 31.7 Å².